The summed E-state index contributed by atoms with van der Waals surface area (Å²) in [6.45, 7) is 0. The average Bonchev–Trinajstić information content (AvgIpc) is 3.20. The summed E-state index contributed by atoms with van der Waals surface area (Å²) < 4.78 is 5.54. The second kappa shape index (κ2) is 5.14. The lowest BCUT2D eigenvalue weighted by Gasteiger charge is -2.39. The topological polar surface area (TPSA) is 98.9 Å². The van der Waals surface area contributed by atoms with Gasteiger partial charge in [0.1, 0.15) is 11.4 Å². The van der Waals surface area contributed by atoms with Crippen molar-refractivity contribution in [3.63, 3.8) is 0 Å². The number of nitrogens with zero attached hydrogens (tertiary/aromatic N) is 2. The van der Waals surface area contributed by atoms with Crippen LogP contribution in [0, 0.1) is 5.92 Å². The van der Waals surface area contributed by atoms with Crippen molar-refractivity contribution < 1.29 is 9.68 Å². The lowest BCUT2D eigenvalue weighted by molar-refractivity contribution is 0.351. The van der Waals surface area contributed by atoms with E-state index in [-0.39, 0.29) is 0 Å². The number of nitrogens with one attached hydrogen (secondary N) is 3. The van der Waals surface area contributed by atoms with Gasteiger partial charge in [-0.1, -0.05) is 0 Å². The first-order valence-electron chi connectivity index (χ1n) is 8.07. The summed E-state index contributed by atoms with van der Waals surface area (Å²) in [6, 6.07) is 2.39. The van der Waals surface area contributed by atoms with E-state index in [1.807, 2.05) is 24.4 Å². The number of hydrogen-bond donors (Lipinski definition) is 4. The van der Waals surface area contributed by atoms with E-state index < -0.39 is 7.12 Å². The Morgan fingerprint density at radius 3 is 3.00 bits per heavy atom. The third kappa shape index (κ3) is 2.10. The average molecular weight is 321 g/mol. The summed E-state index contributed by atoms with van der Waals surface area (Å²) in [7, 11) is -0.914. The van der Waals surface area contributed by atoms with E-state index in [1.165, 1.54) is 0 Å². The van der Waals surface area contributed by atoms with Crippen LogP contribution in [0.3, 0.4) is 0 Å². The summed E-state index contributed by atoms with van der Waals surface area (Å²) in [5, 5.41) is 14.4. The van der Waals surface area contributed by atoms with E-state index in [0.29, 0.717) is 17.7 Å². The minimum Gasteiger partial charge on any atom is -0.531 e. The van der Waals surface area contributed by atoms with E-state index >= 15 is 0 Å². The molecule has 120 valence electrons. The van der Waals surface area contributed by atoms with Crippen LogP contribution in [0.4, 0.5) is 5.95 Å². The van der Waals surface area contributed by atoms with Gasteiger partial charge in [-0.2, -0.15) is 0 Å². The Bertz CT molecular complexity index is 914. The van der Waals surface area contributed by atoms with E-state index in [9.17, 15) is 5.02 Å². The fourth-order valence-electron chi connectivity index (χ4n) is 3.65. The molecule has 1 aliphatic heterocycles. The number of aromatic amines is 2. The molecule has 24 heavy (non-hydrogen) atoms. The van der Waals surface area contributed by atoms with Crippen molar-refractivity contribution >= 4 is 29.7 Å². The maximum Gasteiger partial charge on any atom is 0.552 e. The van der Waals surface area contributed by atoms with Crippen molar-refractivity contribution in [3.8, 4) is 5.75 Å². The van der Waals surface area contributed by atoms with Crippen LogP contribution in [0.1, 0.15) is 18.4 Å². The summed E-state index contributed by atoms with van der Waals surface area (Å²) in [5.74, 6) is 3.66. The third-order valence-electron chi connectivity index (χ3n) is 4.83. The van der Waals surface area contributed by atoms with Crippen LogP contribution in [0.25, 0.3) is 16.6 Å². The summed E-state index contributed by atoms with van der Waals surface area (Å²) in [4.78, 5) is 14.8. The molecule has 0 aromatic carbocycles. The highest BCUT2D eigenvalue weighted by atomic mass is 16.5. The molecule has 8 heteroatoms. The molecule has 0 amide bonds. The Balaban J connectivity index is 1.43. The first kappa shape index (κ1) is 13.7. The lowest BCUT2D eigenvalue weighted by atomic mass is 9.68. The van der Waals surface area contributed by atoms with Gasteiger partial charge in [-0.05, 0) is 36.4 Å². The van der Waals surface area contributed by atoms with Crippen LogP contribution in [-0.4, -0.2) is 38.1 Å². The minimum atomic E-state index is -0.914. The maximum absolute atomic E-state index is 10.0. The van der Waals surface area contributed by atoms with E-state index in [0.717, 1.165) is 41.0 Å². The van der Waals surface area contributed by atoms with Gasteiger partial charge in [-0.25, -0.2) is 9.97 Å². The quantitative estimate of drug-likeness (QED) is 0.553. The standard InChI is InChI=1S/C16H16BN5O2/c23-17-7-12(9-5-10(6-9)22-16-19-3-4-20-16)14-11-1-2-18-15(11)21-8-13(14)24-17/h1-4,7-10,23H,5-6H2,(H,18,21)(H2,19,20,22). The first-order valence-corrected chi connectivity index (χ1v) is 8.07. The Kier molecular flexibility index (Phi) is 2.93. The number of imidazole rings is 1. The predicted octanol–water partition coefficient (Wildman–Crippen LogP) is 1.97. The Morgan fingerprint density at radius 2 is 2.17 bits per heavy atom. The first-order chi connectivity index (χ1) is 11.8. The number of pyridine rings is 1. The van der Waals surface area contributed by atoms with Crippen molar-refractivity contribution in [2.24, 2.45) is 5.92 Å². The summed E-state index contributed by atoms with van der Waals surface area (Å²) in [5.41, 5.74) is 3.03. The summed E-state index contributed by atoms with van der Waals surface area (Å²) in [6.07, 6.45) is 9.09. The maximum atomic E-state index is 10.0. The molecule has 5 rings (SSSR count). The molecule has 0 spiro atoms. The molecule has 1 aliphatic carbocycles. The second-order valence-electron chi connectivity index (χ2n) is 6.32. The van der Waals surface area contributed by atoms with E-state index in [1.54, 1.807) is 12.4 Å². The number of aromatic nitrogens is 4. The molecule has 4 heterocycles. The molecule has 2 aliphatic rings. The van der Waals surface area contributed by atoms with Crippen molar-refractivity contribution in [1.82, 2.24) is 19.9 Å². The van der Waals surface area contributed by atoms with Crippen LogP contribution < -0.4 is 9.97 Å². The molecule has 4 N–H and O–H groups in total. The highest BCUT2D eigenvalue weighted by Crippen LogP contribution is 2.46. The molecule has 0 atom stereocenters. The molecular weight excluding hydrogens is 305 g/mol. The van der Waals surface area contributed by atoms with Gasteiger partial charge in [-0.15, -0.1) is 0 Å². The largest absolute Gasteiger partial charge is 0.552 e. The Hall–Kier alpha value is -2.74. The number of H-pyrrole nitrogens is 2. The van der Waals surface area contributed by atoms with Crippen molar-refractivity contribution in [2.75, 3.05) is 5.32 Å². The monoisotopic (exact) mass is 321 g/mol. The van der Waals surface area contributed by atoms with E-state index in [4.69, 9.17) is 4.65 Å². The Labute approximate surface area is 138 Å². The van der Waals surface area contributed by atoms with Gasteiger partial charge in [0.2, 0.25) is 0 Å². The van der Waals surface area contributed by atoms with Crippen molar-refractivity contribution in [3.05, 3.63) is 42.4 Å². The van der Waals surface area contributed by atoms with Crippen molar-refractivity contribution in [2.45, 2.75) is 18.9 Å². The third-order valence-corrected chi connectivity index (χ3v) is 4.83. The van der Waals surface area contributed by atoms with Crippen LogP contribution >= 0.6 is 0 Å². The fourth-order valence-corrected chi connectivity index (χ4v) is 3.65. The molecule has 0 unspecified atom stereocenters. The molecule has 3 aromatic rings. The van der Waals surface area contributed by atoms with Gasteiger partial charge in [0.15, 0.2) is 5.95 Å². The molecular formula is C16H16BN5O2. The van der Waals surface area contributed by atoms with Gasteiger partial charge in [0.05, 0.1) is 6.20 Å². The molecule has 1 saturated carbocycles. The number of fused-ring (bicyclic) bond motifs is 3. The fraction of sp³-hybridized carbons (Fsp3) is 0.250. The molecule has 1 fully saturated rings. The SMILES string of the molecule is OB1C=C(C2CC(Nc3ncc[nH]3)C2)c2c(cnc3[nH]ccc23)O1. The molecule has 3 aromatic heterocycles. The van der Waals surface area contributed by atoms with Crippen molar-refractivity contribution in [1.29, 1.82) is 0 Å². The zero-order valence-corrected chi connectivity index (χ0v) is 12.9. The summed E-state index contributed by atoms with van der Waals surface area (Å²) >= 11 is 0. The van der Waals surface area contributed by atoms with Gasteiger partial charge in [0, 0.05) is 35.6 Å². The van der Waals surface area contributed by atoms with Crippen LogP contribution in [0.2, 0.25) is 0 Å². The minimum absolute atomic E-state index is 0.383. The molecule has 0 radical (unpaired) electrons. The predicted molar refractivity (Wildman–Crippen MR) is 91.4 cm³/mol. The lowest BCUT2D eigenvalue weighted by Crippen LogP contribution is -2.38. The number of anilines is 1. The second-order valence-corrected chi connectivity index (χ2v) is 6.32. The number of allylic oxidation sites excluding steroid dienone is 1. The van der Waals surface area contributed by atoms with Gasteiger partial charge < -0.3 is 25.0 Å². The number of rotatable bonds is 3. The molecule has 0 bridgehead atoms. The highest BCUT2D eigenvalue weighted by molar-refractivity contribution is 6.52. The zero-order valence-electron chi connectivity index (χ0n) is 12.9. The van der Waals surface area contributed by atoms with E-state index in [2.05, 4.69) is 25.3 Å². The van der Waals surface area contributed by atoms with Crippen LogP contribution in [0.5, 0.6) is 5.75 Å². The van der Waals surface area contributed by atoms with Crippen LogP contribution in [0.15, 0.2) is 36.8 Å². The normalized spacial score (nSPS) is 22.5. The molecule has 0 saturated heterocycles. The van der Waals surface area contributed by atoms with Gasteiger partial charge in [-0.3, -0.25) is 0 Å². The van der Waals surface area contributed by atoms with Gasteiger partial charge >= 0.3 is 7.12 Å². The number of hydrogen-bond acceptors (Lipinski definition) is 5. The van der Waals surface area contributed by atoms with Gasteiger partial charge in [0.25, 0.3) is 0 Å². The molecule has 7 nitrogen and oxygen atoms in total. The zero-order chi connectivity index (χ0) is 16.1. The Morgan fingerprint density at radius 1 is 1.25 bits per heavy atom. The smallest absolute Gasteiger partial charge is 0.531 e. The van der Waals surface area contributed by atoms with Crippen LogP contribution in [-0.2, 0) is 0 Å². The highest BCUT2D eigenvalue weighted by Gasteiger charge is 2.37.